The summed E-state index contributed by atoms with van der Waals surface area (Å²) in [5, 5.41) is 0. The number of rotatable bonds is 6. The number of esters is 1. The first-order chi connectivity index (χ1) is 8.33. The molecule has 18 heavy (non-hydrogen) atoms. The summed E-state index contributed by atoms with van der Waals surface area (Å²) in [4.78, 5) is 11.8. The van der Waals surface area contributed by atoms with Gasteiger partial charge in [0.2, 0.25) is 0 Å². The van der Waals surface area contributed by atoms with Gasteiger partial charge >= 0.3 is 5.97 Å². The zero-order chi connectivity index (χ0) is 13.8. The Balaban J connectivity index is 2.26. The average Bonchev–Trinajstić information content (AvgIpc) is 2.72. The van der Waals surface area contributed by atoms with Crippen molar-refractivity contribution in [2.75, 3.05) is 13.2 Å². The van der Waals surface area contributed by atoms with E-state index in [1.165, 1.54) is 0 Å². The molecule has 1 aliphatic heterocycles. The molecule has 0 aliphatic carbocycles. The highest BCUT2D eigenvalue weighted by Crippen LogP contribution is 2.28. The molecule has 0 aromatic rings. The van der Waals surface area contributed by atoms with Gasteiger partial charge in [0.1, 0.15) is 0 Å². The second-order valence-corrected chi connectivity index (χ2v) is 5.70. The monoisotopic (exact) mass is 258 g/mol. The summed E-state index contributed by atoms with van der Waals surface area (Å²) in [6.07, 6.45) is 2.34. The second kappa shape index (κ2) is 6.02. The van der Waals surface area contributed by atoms with Crippen LogP contribution < -0.4 is 0 Å². The van der Waals surface area contributed by atoms with Crippen molar-refractivity contribution in [3.63, 3.8) is 0 Å². The molecule has 4 heteroatoms. The molecule has 106 valence electrons. The lowest BCUT2D eigenvalue weighted by Gasteiger charge is -2.22. The zero-order valence-electron chi connectivity index (χ0n) is 12.2. The molecule has 0 bridgehead atoms. The van der Waals surface area contributed by atoms with E-state index >= 15 is 0 Å². The topological polar surface area (TPSA) is 44.8 Å². The van der Waals surface area contributed by atoms with E-state index in [4.69, 9.17) is 14.2 Å². The van der Waals surface area contributed by atoms with Gasteiger partial charge in [-0.15, -0.1) is 0 Å². The molecule has 4 nitrogen and oxygen atoms in total. The number of carbonyl (C=O) groups excluding carboxylic acids is 1. The average molecular weight is 258 g/mol. The maximum Gasteiger partial charge on any atom is 0.311 e. The largest absolute Gasteiger partial charge is 0.465 e. The predicted octanol–water partition coefficient (Wildman–Crippen LogP) is 2.90. The molecule has 0 amide bonds. The van der Waals surface area contributed by atoms with Crippen LogP contribution in [0, 0.1) is 5.41 Å². The molecule has 0 N–H and O–H groups in total. The molecule has 0 spiro atoms. The Bertz CT molecular complexity index is 288. The molecule has 0 radical (unpaired) electrons. The molecule has 1 heterocycles. The van der Waals surface area contributed by atoms with Gasteiger partial charge in [-0.2, -0.15) is 0 Å². The van der Waals surface area contributed by atoms with Crippen molar-refractivity contribution in [2.45, 2.75) is 65.8 Å². The maximum atomic E-state index is 11.8. The Morgan fingerprint density at radius 2 is 2.11 bits per heavy atom. The third kappa shape index (κ3) is 3.95. The molecule has 2 unspecified atom stereocenters. The molecule has 1 aliphatic rings. The Hall–Kier alpha value is -0.610. The van der Waals surface area contributed by atoms with E-state index in [2.05, 4.69) is 0 Å². The van der Waals surface area contributed by atoms with Gasteiger partial charge in [-0.1, -0.05) is 13.8 Å². The number of carbonyl (C=O) groups is 1. The lowest BCUT2D eigenvalue weighted by Crippen LogP contribution is -2.28. The van der Waals surface area contributed by atoms with Gasteiger partial charge in [0.25, 0.3) is 0 Å². The van der Waals surface area contributed by atoms with Gasteiger partial charge in [-0.05, 0) is 33.6 Å². The summed E-state index contributed by atoms with van der Waals surface area (Å²) >= 11 is 0. The first-order valence-corrected chi connectivity index (χ1v) is 6.82. The lowest BCUT2D eigenvalue weighted by molar-refractivity contribution is -0.161. The van der Waals surface area contributed by atoms with Crippen LogP contribution in [-0.4, -0.2) is 31.1 Å². The third-order valence-electron chi connectivity index (χ3n) is 3.74. The Morgan fingerprint density at radius 3 is 2.61 bits per heavy atom. The van der Waals surface area contributed by atoms with Crippen molar-refractivity contribution in [2.24, 2.45) is 5.41 Å². The summed E-state index contributed by atoms with van der Waals surface area (Å²) in [6, 6.07) is 0. The zero-order valence-corrected chi connectivity index (χ0v) is 12.2. The van der Waals surface area contributed by atoms with Crippen LogP contribution in [0.25, 0.3) is 0 Å². The van der Waals surface area contributed by atoms with E-state index in [0.29, 0.717) is 19.6 Å². The molecular weight excluding hydrogens is 232 g/mol. The Morgan fingerprint density at radius 1 is 1.44 bits per heavy atom. The van der Waals surface area contributed by atoms with Crippen LogP contribution >= 0.6 is 0 Å². The summed E-state index contributed by atoms with van der Waals surface area (Å²) in [6.45, 7) is 10.7. The highest BCUT2D eigenvalue weighted by Gasteiger charge is 2.35. The minimum Gasteiger partial charge on any atom is -0.465 e. The molecule has 0 aromatic heterocycles. The van der Waals surface area contributed by atoms with Crippen LogP contribution in [-0.2, 0) is 19.0 Å². The number of hydrogen-bond donors (Lipinski definition) is 0. The Kier molecular flexibility index (Phi) is 5.17. The van der Waals surface area contributed by atoms with Crippen LogP contribution in [0.15, 0.2) is 0 Å². The van der Waals surface area contributed by atoms with Crippen LogP contribution in [0.5, 0.6) is 0 Å². The molecule has 0 saturated carbocycles. The van der Waals surface area contributed by atoms with Gasteiger partial charge in [-0.25, -0.2) is 0 Å². The van der Waals surface area contributed by atoms with Crippen LogP contribution in [0.1, 0.15) is 53.9 Å². The van der Waals surface area contributed by atoms with Crippen LogP contribution in [0.2, 0.25) is 0 Å². The minimum atomic E-state index is -0.461. The fraction of sp³-hybridized carbons (Fsp3) is 0.929. The molecule has 1 fully saturated rings. The number of ether oxygens (including phenoxy) is 3. The van der Waals surface area contributed by atoms with Crippen molar-refractivity contribution in [1.29, 1.82) is 0 Å². The molecular formula is C14H26O4. The molecule has 1 saturated heterocycles. The van der Waals surface area contributed by atoms with Gasteiger partial charge in [0.15, 0.2) is 5.79 Å². The van der Waals surface area contributed by atoms with E-state index in [0.717, 1.165) is 12.8 Å². The predicted molar refractivity (Wildman–Crippen MR) is 69.2 cm³/mol. The van der Waals surface area contributed by atoms with E-state index in [1.54, 1.807) is 0 Å². The fourth-order valence-electron chi connectivity index (χ4n) is 1.64. The van der Waals surface area contributed by atoms with Crippen LogP contribution in [0.4, 0.5) is 0 Å². The summed E-state index contributed by atoms with van der Waals surface area (Å²) in [7, 11) is 0. The Labute approximate surface area is 110 Å². The standard InChI is InChI=1S/C14H26O4/c1-6-13(3,4)12(15)16-9-8-11-10-17-14(5,7-2)18-11/h11H,6-10H2,1-5H3. The second-order valence-electron chi connectivity index (χ2n) is 5.70. The van der Waals surface area contributed by atoms with E-state index in [9.17, 15) is 4.79 Å². The van der Waals surface area contributed by atoms with Crippen molar-refractivity contribution < 1.29 is 19.0 Å². The van der Waals surface area contributed by atoms with E-state index in [-0.39, 0.29) is 12.1 Å². The SMILES string of the molecule is CCC1(C)OCC(CCOC(=O)C(C)(C)CC)O1. The molecule has 1 rings (SSSR count). The van der Waals surface area contributed by atoms with Crippen molar-refractivity contribution in [3.8, 4) is 0 Å². The fourth-order valence-corrected chi connectivity index (χ4v) is 1.64. The van der Waals surface area contributed by atoms with Gasteiger partial charge in [0, 0.05) is 6.42 Å². The van der Waals surface area contributed by atoms with Crippen LogP contribution in [0.3, 0.4) is 0 Å². The maximum absolute atomic E-state index is 11.8. The number of hydrogen-bond acceptors (Lipinski definition) is 4. The quantitative estimate of drug-likeness (QED) is 0.687. The highest BCUT2D eigenvalue weighted by atomic mass is 16.7. The first kappa shape index (κ1) is 15.4. The van der Waals surface area contributed by atoms with Gasteiger partial charge in [0.05, 0.1) is 24.7 Å². The van der Waals surface area contributed by atoms with E-state index in [1.807, 2.05) is 34.6 Å². The smallest absolute Gasteiger partial charge is 0.311 e. The summed E-state index contributed by atoms with van der Waals surface area (Å²) in [5.41, 5.74) is -0.398. The summed E-state index contributed by atoms with van der Waals surface area (Å²) < 4.78 is 16.7. The van der Waals surface area contributed by atoms with Gasteiger partial charge < -0.3 is 14.2 Å². The highest BCUT2D eigenvalue weighted by molar-refractivity contribution is 5.75. The summed E-state index contributed by atoms with van der Waals surface area (Å²) in [5.74, 6) is -0.598. The molecule has 0 aromatic carbocycles. The lowest BCUT2D eigenvalue weighted by atomic mass is 9.91. The third-order valence-corrected chi connectivity index (χ3v) is 3.74. The molecule has 2 atom stereocenters. The minimum absolute atomic E-state index is 0.0347. The van der Waals surface area contributed by atoms with E-state index < -0.39 is 11.2 Å². The first-order valence-electron chi connectivity index (χ1n) is 6.82. The van der Waals surface area contributed by atoms with Crippen molar-refractivity contribution >= 4 is 5.97 Å². The normalized spacial score (nSPS) is 28.4. The van der Waals surface area contributed by atoms with Crippen molar-refractivity contribution in [1.82, 2.24) is 0 Å². The van der Waals surface area contributed by atoms with Gasteiger partial charge in [-0.3, -0.25) is 4.79 Å². The van der Waals surface area contributed by atoms with Crippen molar-refractivity contribution in [3.05, 3.63) is 0 Å².